The number of nitro groups is 1. The van der Waals surface area contributed by atoms with Gasteiger partial charge in [-0.1, -0.05) is 0 Å². The summed E-state index contributed by atoms with van der Waals surface area (Å²) in [5.41, 5.74) is 0.408. The second-order valence-corrected chi connectivity index (χ2v) is 4.12. The molecule has 0 saturated carbocycles. The van der Waals surface area contributed by atoms with E-state index < -0.39 is 4.92 Å². The average Bonchev–Trinajstić information content (AvgIpc) is 2.47. The van der Waals surface area contributed by atoms with E-state index in [-0.39, 0.29) is 30.2 Å². The summed E-state index contributed by atoms with van der Waals surface area (Å²) in [5, 5.41) is 25.1. The highest BCUT2D eigenvalue weighted by molar-refractivity contribution is 5.76. The molecule has 1 aromatic carbocycles. The Balaban J connectivity index is 2.56. The Morgan fingerprint density at radius 3 is 2.86 bits per heavy atom. The number of rotatable bonds is 8. The molecular formula is C13H16N4O4. The SMILES string of the molecule is COCCNC(=O)CCNc1cc(C#N)ccc1[N+](=O)[O-]. The van der Waals surface area contributed by atoms with Crippen LogP contribution in [-0.4, -0.2) is 37.6 Å². The van der Waals surface area contributed by atoms with Crippen molar-refractivity contribution in [1.82, 2.24) is 5.32 Å². The first-order chi connectivity index (χ1) is 10.1. The molecule has 0 aliphatic rings. The van der Waals surface area contributed by atoms with Crippen LogP contribution in [-0.2, 0) is 9.53 Å². The number of nitrogens with zero attached hydrogens (tertiary/aromatic N) is 2. The summed E-state index contributed by atoms with van der Waals surface area (Å²) < 4.78 is 4.80. The molecule has 112 valence electrons. The molecule has 8 heteroatoms. The van der Waals surface area contributed by atoms with Crippen molar-refractivity contribution in [3.8, 4) is 6.07 Å². The Morgan fingerprint density at radius 2 is 2.24 bits per heavy atom. The minimum atomic E-state index is -0.540. The number of nitriles is 1. The molecule has 2 N–H and O–H groups in total. The van der Waals surface area contributed by atoms with Gasteiger partial charge in [0.05, 0.1) is 23.2 Å². The second kappa shape index (κ2) is 8.50. The van der Waals surface area contributed by atoms with E-state index in [0.717, 1.165) is 0 Å². The minimum Gasteiger partial charge on any atom is -0.383 e. The van der Waals surface area contributed by atoms with Crippen molar-refractivity contribution in [3.05, 3.63) is 33.9 Å². The number of hydrogen-bond donors (Lipinski definition) is 2. The molecule has 0 aliphatic heterocycles. The Hall–Kier alpha value is -2.66. The fraction of sp³-hybridized carbons (Fsp3) is 0.385. The van der Waals surface area contributed by atoms with E-state index in [4.69, 9.17) is 10.00 Å². The van der Waals surface area contributed by atoms with Crippen molar-refractivity contribution < 1.29 is 14.5 Å². The quantitative estimate of drug-likeness (QED) is 0.420. The van der Waals surface area contributed by atoms with Crippen LogP contribution in [0.2, 0.25) is 0 Å². The first-order valence-electron chi connectivity index (χ1n) is 6.26. The summed E-state index contributed by atoms with van der Waals surface area (Å²) in [6.45, 7) is 1.07. The molecule has 0 aliphatic carbocycles. The van der Waals surface area contributed by atoms with Gasteiger partial charge in [0.2, 0.25) is 5.91 Å². The van der Waals surface area contributed by atoms with Gasteiger partial charge in [0.15, 0.2) is 0 Å². The third-order valence-electron chi connectivity index (χ3n) is 2.62. The van der Waals surface area contributed by atoms with Crippen LogP contribution in [0.4, 0.5) is 11.4 Å². The van der Waals surface area contributed by atoms with Crippen LogP contribution in [0.25, 0.3) is 0 Å². The monoisotopic (exact) mass is 292 g/mol. The predicted octanol–water partition coefficient (Wildman–Crippen LogP) is 1.03. The van der Waals surface area contributed by atoms with E-state index in [1.807, 2.05) is 6.07 Å². The summed E-state index contributed by atoms with van der Waals surface area (Å²) in [6.07, 6.45) is 0.164. The largest absolute Gasteiger partial charge is 0.383 e. The highest BCUT2D eigenvalue weighted by Gasteiger charge is 2.14. The first kappa shape index (κ1) is 16.4. The lowest BCUT2D eigenvalue weighted by Crippen LogP contribution is -2.28. The van der Waals surface area contributed by atoms with Crippen LogP contribution in [0.1, 0.15) is 12.0 Å². The van der Waals surface area contributed by atoms with E-state index in [1.165, 1.54) is 25.3 Å². The van der Waals surface area contributed by atoms with Crippen LogP contribution < -0.4 is 10.6 Å². The van der Waals surface area contributed by atoms with Crippen molar-refractivity contribution >= 4 is 17.3 Å². The lowest BCUT2D eigenvalue weighted by Gasteiger charge is -2.08. The lowest BCUT2D eigenvalue weighted by molar-refractivity contribution is -0.384. The van der Waals surface area contributed by atoms with Crippen LogP contribution in [0.5, 0.6) is 0 Å². The van der Waals surface area contributed by atoms with Crippen molar-refractivity contribution in [2.24, 2.45) is 0 Å². The van der Waals surface area contributed by atoms with Gasteiger partial charge in [-0.3, -0.25) is 14.9 Å². The summed E-state index contributed by atoms with van der Waals surface area (Å²) in [4.78, 5) is 21.8. The van der Waals surface area contributed by atoms with Crippen molar-refractivity contribution in [2.75, 3.05) is 32.1 Å². The lowest BCUT2D eigenvalue weighted by atomic mass is 10.2. The van der Waals surface area contributed by atoms with Gasteiger partial charge in [0, 0.05) is 32.7 Å². The number of nitro benzene ring substituents is 1. The normalized spacial score (nSPS) is 9.71. The van der Waals surface area contributed by atoms with Gasteiger partial charge >= 0.3 is 0 Å². The van der Waals surface area contributed by atoms with Crippen molar-refractivity contribution in [3.63, 3.8) is 0 Å². The number of carbonyl (C=O) groups is 1. The molecular weight excluding hydrogens is 276 g/mol. The maximum atomic E-state index is 11.5. The van der Waals surface area contributed by atoms with Gasteiger partial charge in [0.25, 0.3) is 5.69 Å². The molecule has 0 radical (unpaired) electrons. The fourth-order valence-electron chi connectivity index (χ4n) is 1.60. The number of amides is 1. The highest BCUT2D eigenvalue weighted by atomic mass is 16.6. The molecule has 0 fully saturated rings. The molecule has 1 amide bonds. The summed E-state index contributed by atoms with van der Waals surface area (Å²) >= 11 is 0. The number of methoxy groups -OCH3 is 1. The zero-order valence-electron chi connectivity index (χ0n) is 11.6. The Morgan fingerprint density at radius 1 is 1.48 bits per heavy atom. The van der Waals surface area contributed by atoms with E-state index in [9.17, 15) is 14.9 Å². The maximum Gasteiger partial charge on any atom is 0.292 e. The van der Waals surface area contributed by atoms with Gasteiger partial charge in [0.1, 0.15) is 5.69 Å². The molecule has 0 bridgehead atoms. The summed E-state index contributed by atoms with van der Waals surface area (Å²) in [6, 6.07) is 5.94. The van der Waals surface area contributed by atoms with Gasteiger partial charge < -0.3 is 15.4 Å². The molecule has 0 heterocycles. The standard InChI is InChI=1S/C13H16N4O4/c1-21-7-6-16-13(18)4-5-15-11-8-10(9-14)2-3-12(11)17(19)20/h2-3,8,15H,4-7H2,1H3,(H,16,18). The highest BCUT2D eigenvalue weighted by Crippen LogP contribution is 2.25. The van der Waals surface area contributed by atoms with E-state index in [1.54, 1.807) is 0 Å². The topological polar surface area (TPSA) is 117 Å². The van der Waals surface area contributed by atoms with Crippen LogP contribution in [0.3, 0.4) is 0 Å². The molecule has 1 rings (SSSR count). The Labute approximate surface area is 121 Å². The predicted molar refractivity (Wildman–Crippen MR) is 75.8 cm³/mol. The zero-order valence-corrected chi connectivity index (χ0v) is 11.6. The zero-order chi connectivity index (χ0) is 15.7. The Kier molecular flexibility index (Phi) is 6.63. The van der Waals surface area contributed by atoms with Gasteiger partial charge in [-0.25, -0.2) is 0 Å². The fourth-order valence-corrected chi connectivity index (χ4v) is 1.60. The smallest absolute Gasteiger partial charge is 0.292 e. The number of hydrogen-bond acceptors (Lipinski definition) is 6. The summed E-state index contributed by atoms with van der Waals surface area (Å²) in [7, 11) is 1.54. The molecule has 8 nitrogen and oxygen atoms in total. The molecule has 21 heavy (non-hydrogen) atoms. The van der Waals surface area contributed by atoms with E-state index >= 15 is 0 Å². The molecule has 0 aromatic heterocycles. The number of benzene rings is 1. The van der Waals surface area contributed by atoms with Crippen LogP contribution in [0, 0.1) is 21.4 Å². The van der Waals surface area contributed by atoms with E-state index in [0.29, 0.717) is 18.7 Å². The molecule has 0 atom stereocenters. The molecule has 0 spiro atoms. The Bertz CT molecular complexity index is 554. The van der Waals surface area contributed by atoms with Gasteiger partial charge in [-0.2, -0.15) is 5.26 Å². The van der Waals surface area contributed by atoms with Crippen molar-refractivity contribution in [2.45, 2.75) is 6.42 Å². The van der Waals surface area contributed by atoms with Gasteiger partial charge in [-0.15, -0.1) is 0 Å². The number of anilines is 1. The number of nitrogens with one attached hydrogen (secondary N) is 2. The maximum absolute atomic E-state index is 11.5. The molecule has 0 saturated heterocycles. The number of carbonyl (C=O) groups excluding carboxylic acids is 1. The molecule has 1 aromatic rings. The van der Waals surface area contributed by atoms with Gasteiger partial charge in [-0.05, 0) is 12.1 Å². The summed E-state index contributed by atoms with van der Waals surface area (Å²) in [5.74, 6) is -0.182. The first-order valence-corrected chi connectivity index (χ1v) is 6.26. The molecule has 0 unspecified atom stereocenters. The van der Waals surface area contributed by atoms with E-state index in [2.05, 4.69) is 10.6 Å². The van der Waals surface area contributed by atoms with Crippen LogP contribution in [0.15, 0.2) is 18.2 Å². The number of ether oxygens (including phenoxy) is 1. The average molecular weight is 292 g/mol. The third kappa shape index (κ3) is 5.46. The second-order valence-electron chi connectivity index (χ2n) is 4.12. The third-order valence-corrected chi connectivity index (χ3v) is 2.62. The van der Waals surface area contributed by atoms with Crippen LogP contribution >= 0.6 is 0 Å². The minimum absolute atomic E-state index is 0.131. The van der Waals surface area contributed by atoms with Crippen molar-refractivity contribution in [1.29, 1.82) is 5.26 Å².